The highest BCUT2D eigenvalue weighted by Gasteiger charge is 2.20. The Hall–Kier alpha value is -2.08. The van der Waals surface area contributed by atoms with E-state index < -0.39 is 0 Å². The third-order valence-electron chi connectivity index (χ3n) is 4.27. The summed E-state index contributed by atoms with van der Waals surface area (Å²) in [5, 5.41) is 2.98. The number of nitrogens with one attached hydrogen (secondary N) is 1. The molecular formula is C18H27N3O3. The predicted octanol–water partition coefficient (Wildman–Crippen LogP) is 1.51. The highest BCUT2D eigenvalue weighted by Crippen LogP contribution is 2.05. The molecule has 0 radical (unpaired) electrons. The van der Waals surface area contributed by atoms with Gasteiger partial charge in [0.1, 0.15) is 0 Å². The summed E-state index contributed by atoms with van der Waals surface area (Å²) in [6.45, 7) is 4.47. The number of nitrogens with zero attached hydrogens (tertiary/aromatic N) is 2. The van der Waals surface area contributed by atoms with Gasteiger partial charge in [-0.15, -0.1) is 0 Å². The molecule has 1 N–H and O–H groups in total. The van der Waals surface area contributed by atoms with Crippen molar-refractivity contribution in [2.75, 3.05) is 46.4 Å². The molecule has 0 spiro atoms. The summed E-state index contributed by atoms with van der Waals surface area (Å²) in [5.74, 6) is 0.110. The van der Waals surface area contributed by atoms with Crippen LogP contribution in [0.3, 0.4) is 0 Å². The van der Waals surface area contributed by atoms with Gasteiger partial charge in [0.15, 0.2) is 0 Å². The van der Waals surface area contributed by atoms with Crippen LogP contribution in [0.2, 0.25) is 0 Å². The van der Waals surface area contributed by atoms with Crippen molar-refractivity contribution in [3.63, 3.8) is 0 Å². The minimum Gasteiger partial charge on any atom is -0.453 e. The van der Waals surface area contributed by atoms with Crippen molar-refractivity contribution in [1.82, 2.24) is 15.1 Å². The van der Waals surface area contributed by atoms with E-state index in [0.717, 1.165) is 32.5 Å². The van der Waals surface area contributed by atoms with Crippen molar-refractivity contribution in [3.8, 4) is 0 Å². The number of methoxy groups -OCH3 is 1. The molecule has 1 aromatic rings. The van der Waals surface area contributed by atoms with E-state index in [1.807, 2.05) is 18.2 Å². The van der Waals surface area contributed by atoms with E-state index in [4.69, 9.17) is 4.74 Å². The molecule has 6 heteroatoms. The van der Waals surface area contributed by atoms with Gasteiger partial charge in [0.25, 0.3) is 0 Å². The van der Waals surface area contributed by atoms with Crippen molar-refractivity contribution in [1.29, 1.82) is 0 Å². The molecular weight excluding hydrogens is 306 g/mol. The third kappa shape index (κ3) is 6.20. The number of ether oxygens (including phenoxy) is 1. The highest BCUT2D eigenvalue weighted by atomic mass is 16.5. The molecule has 0 bridgehead atoms. The standard InChI is InChI=1S/C18H27N3O3/c1-24-18(23)21-14-12-20(13-15-21)11-10-19-17(22)9-5-8-16-6-3-2-4-7-16/h2-4,6-7H,5,8-15H2,1H3,(H,19,22). The Morgan fingerprint density at radius 1 is 1.12 bits per heavy atom. The molecule has 1 heterocycles. The van der Waals surface area contributed by atoms with E-state index >= 15 is 0 Å². The monoisotopic (exact) mass is 333 g/mol. The van der Waals surface area contributed by atoms with E-state index in [1.165, 1.54) is 12.7 Å². The molecule has 1 aliphatic heterocycles. The van der Waals surface area contributed by atoms with Crippen LogP contribution in [0.25, 0.3) is 0 Å². The number of benzene rings is 1. The topological polar surface area (TPSA) is 61.9 Å². The Morgan fingerprint density at radius 3 is 2.50 bits per heavy atom. The summed E-state index contributed by atoms with van der Waals surface area (Å²) in [4.78, 5) is 27.2. The second-order valence-corrected chi connectivity index (χ2v) is 5.99. The van der Waals surface area contributed by atoms with E-state index in [9.17, 15) is 9.59 Å². The number of carbonyl (C=O) groups excluding carboxylic acids is 2. The van der Waals surface area contributed by atoms with E-state index in [2.05, 4.69) is 22.3 Å². The van der Waals surface area contributed by atoms with Crippen LogP contribution < -0.4 is 5.32 Å². The minimum atomic E-state index is -0.263. The molecule has 0 unspecified atom stereocenters. The molecule has 6 nitrogen and oxygen atoms in total. The van der Waals surface area contributed by atoms with Crippen LogP contribution in [-0.2, 0) is 16.0 Å². The third-order valence-corrected chi connectivity index (χ3v) is 4.27. The normalized spacial score (nSPS) is 15.1. The first-order valence-corrected chi connectivity index (χ1v) is 8.55. The summed E-state index contributed by atoms with van der Waals surface area (Å²) < 4.78 is 4.72. The lowest BCUT2D eigenvalue weighted by Crippen LogP contribution is -2.50. The lowest BCUT2D eigenvalue weighted by Gasteiger charge is -2.33. The van der Waals surface area contributed by atoms with Crippen LogP contribution in [0.4, 0.5) is 4.79 Å². The number of amides is 2. The molecule has 2 amide bonds. The molecule has 24 heavy (non-hydrogen) atoms. The van der Waals surface area contributed by atoms with E-state index in [-0.39, 0.29) is 12.0 Å². The summed E-state index contributed by atoms with van der Waals surface area (Å²) in [6, 6.07) is 10.2. The number of carbonyl (C=O) groups is 2. The quantitative estimate of drug-likeness (QED) is 0.822. The van der Waals surface area contributed by atoms with E-state index in [1.54, 1.807) is 4.90 Å². The molecule has 0 aromatic heterocycles. The van der Waals surface area contributed by atoms with Gasteiger partial charge in [0, 0.05) is 45.7 Å². The largest absolute Gasteiger partial charge is 0.453 e. The summed E-state index contributed by atoms with van der Waals surface area (Å²) in [6.07, 6.45) is 2.10. The van der Waals surface area contributed by atoms with Crippen LogP contribution in [-0.4, -0.2) is 68.2 Å². The SMILES string of the molecule is COC(=O)N1CCN(CCNC(=O)CCCc2ccccc2)CC1. The van der Waals surface area contributed by atoms with Crippen molar-refractivity contribution < 1.29 is 14.3 Å². The zero-order valence-electron chi connectivity index (χ0n) is 14.4. The van der Waals surface area contributed by atoms with Crippen molar-refractivity contribution in [3.05, 3.63) is 35.9 Å². The summed E-state index contributed by atoms with van der Waals surface area (Å²) >= 11 is 0. The van der Waals surface area contributed by atoms with Gasteiger partial charge < -0.3 is 15.0 Å². The first-order chi connectivity index (χ1) is 11.7. The number of aryl methyl sites for hydroxylation is 1. The first kappa shape index (κ1) is 18.3. The van der Waals surface area contributed by atoms with Crippen LogP contribution in [0, 0.1) is 0 Å². The van der Waals surface area contributed by atoms with Gasteiger partial charge in [0.2, 0.25) is 5.91 Å². The van der Waals surface area contributed by atoms with Gasteiger partial charge >= 0.3 is 6.09 Å². The van der Waals surface area contributed by atoms with Crippen LogP contribution >= 0.6 is 0 Å². The lowest BCUT2D eigenvalue weighted by atomic mass is 10.1. The molecule has 132 valence electrons. The highest BCUT2D eigenvalue weighted by molar-refractivity contribution is 5.75. The summed E-state index contributed by atoms with van der Waals surface area (Å²) in [7, 11) is 1.40. The molecule has 1 aliphatic rings. The summed E-state index contributed by atoms with van der Waals surface area (Å²) in [5.41, 5.74) is 1.27. The Bertz CT molecular complexity index is 514. The van der Waals surface area contributed by atoms with Gasteiger partial charge in [-0.2, -0.15) is 0 Å². The Kier molecular flexibility index (Phi) is 7.55. The molecule has 0 aliphatic carbocycles. The fourth-order valence-electron chi connectivity index (χ4n) is 2.82. The fourth-order valence-corrected chi connectivity index (χ4v) is 2.82. The smallest absolute Gasteiger partial charge is 0.409 e. The molecule has 1 aromatic carbocycles. The molecule has 1 saturated heterocycles. The van der Waals surface area contributed by atoms with Crippen LogP contribution in [0.5, 0.6) is 0 Å². The molecule has 0 saturated carbocycles. The zero-order valence-corrected chi connectivity index (χ0v) is 14.4. The maximum atomic E-state index is 11.9. The molecule has 2 rings (SSSR count). The average molecular weight is 333 g/mol. The number of hydrogen-bond acceptors (Lipinski definition) is 4. The zero-order chi connectivity index (χ0) is 17.2. The Morgan fingerprint density at radius 2 is 1.83 bits per heavy atom. The molecule has 1 fully saturated rings. The first-order valence-electron chi connectivity index (χ1n) is 8.55. The lowest BCUT2D eigenvalue weighted by molar-refractivity contribution is -0.121. The number of rotatable bonds is 7. The predicted molar refractivity (Wildman–Crippen MR) is 92.8 cm³/mol. The van der Waals surface area contributed by atoms with E-state index in [0.29, 0.717) is 26.1 Å². The Labute approximate surface area is 143 Å². The van der Waals surface area contributed by atoms with Gasteiger partial charge in [-0.05, 0) is 18.4 Å². The van der Waals surface area contributed by atoms with Crippen LogP contribution in [0.15, 0.2) is 30.3 Å². The fraction of sp³-hybridized carbons (Fsp3) is 0.556. The van der Waals surface area contributed by atoms with Crippen LogP contribution in [0.1, 0.15) is 18.4 Å². The van der Waals surface area contributed by atoms with Gasteiger partial charge in [-0.3, -0.25) is 9.69 Å². The molecule has 0 atom stereocenters. The Balaban J connectivity index is 1.53. The average Bonchev–Trinajstić information content (AvgIpc) is 2.62. The maximum absolute atomic E-state index is 11.9. The number of piperazine rings is 1. The second kappa shape index (κ2) is 9.93. The van der Waals surface area contributed by atoms with Gasteiger partial charge in [-0.25, -0.2) is 4.79 Å². The van der Waals surface area contributed by atoms with Crippen molar-refractivity contribution >= 4 is 12.0 Å². The van der Waals surface area contributed by atoms with Crippen molar-refractivity contribution in [2.45, 2.75) is 19.3 Å². The second-order valence-electron chi connectivity index (χ2n) is 5.99. The minimum absolute atomic E-state index is 0.110. The number of hydrogen-bond donors (Lipinski definition) is 1. The van der Waals surface area contributed by atoms with Gasteiger partial charge in [-0.1, -0.05) is 30.3 Å². The van der Waals surface area contributed by atoms with Gasteiger partial charge in [0.05, 0.1) is 7.11 Å². The maximum Gasteiger partial charge on any atom is 0.409 e. The van der Waals surface area contributed by atoms with Crippen molar-refractivity contribution in [2.24, 2.45) is 0 Å².